The van der Waals surface area contributed by atoms with Crippen LogP contribution in [-0.2, 0) is 0 Å². The van der Waals surface area contributed by atoms with E-state index in [0.717, 1.165) is 22.6 Å². The van der Waals surface area contributed by atoms with Crippen LogP contribution in [0, 0.1) is 6.92 Å². The van der Waals surface area contributed by atoms with Crippen molar-refractivity contribution < 1.29 is 19.3 Å². The van der Waals surface area contributed by atoms with Crippen LogP contribution in [0.15, 0.2) is 48.5 Å². The predicted molar refractivity (Wildman–Crippen MR) is 97.3 cm³/mol. The number of phenols is 1. The number of hydrogen-bond donors (Lipinski definition) is 1. The SMILES string of the molecule is COc1cc(-c2ccc(C)n2-c2cccc(O)c2)cc(OC)c1OC. The second-order valence-corrected chi connectivity index (χ2v) is 5.63. The average molecular weight is 339 g/mol. The fourth-order valence-corrected chi connectivity index (χ4v) is 2.97. The number of ether oxygens (including phenoxy) is 3. The topological polar surface area (TPSA) is 52.9 Å². The van der Waals surface area contributed by atoms with Crippen molar-refractivity contribution in [2.45, 2.75) is 6.92 Å². The van der Waals surface area contributed by atoms with E-state index in [0.29, 0.717) is 17.2 Å². The summed E-state index contributed by atoms with van der Waals surface area (Å²) in [6.07, 6.45) is 0. The number of aromatic hydroxyl groups is 1. The van der Waals surface area contributed by atoms with Crippen molar-refractivity contribution in [1.82, 2.24) is 4.57 Å². The van der Waals surface area contributed by atoms with Gasteiger partial charge in [0.1, 0.15) is 5.75 Å². The van der Waals surface area contributed by atoms with Crippen molar-refractivity contribution >= 4 is 0 Å². The Hall–Kier alpha value is -3.08. The Balaban J connectivity index is 2.22. The Bertz CT molecular complexity index is 873. The third-order valence-electron chi connectivity index (χ3n) is 4.12. The van der Waals surface area contributed by atoms with Crippen LogP contribution in [0.2, 0.25) is 0 Å². The van der Waals surface area contributed by atoms with Crippen molar-refractivity contribution in [1.29, 1.82) is 0 Å². The molecule has 0 radical (unpaired) electrons. The lowest BCUT2D eigenvalue weighted by Gasteiger charge is -2.16. The maximum absolute atomic E-state index is 9.83. The van der Waals surface area contributed by atoms with Crippen molar-refractivity contribution in [3.63, 3.8) is 0 Å². The molecule has 1 heterocycles. The molecular formula is C20H21NO4. The van der Waals surface area contributed by atoms with Crippen LogP contribution in [-0.4, -0.2) is 31.0 Å². The molecule has 0 amide bonds. The van der Waals surface area contributed by atoms with Gasteiger partial charge in [-0.1, -0.05) is 6.07 Å². The number of nitrogens with zero attached hydrogens (tertiary/aromatic N) is 1. The predicted octanol–water partition coefficient (Wildman–Crippen LogP) is 4.18. The van der Waals surface area contributed by atoms with Gasteiger partial charge in [-0.3, -0.25) is 0 Å². The lowest BCUT2D eigenvalue weighted by molar-refractivity contribution is 0.324. The van der Waals surface area contributed by atoms with E-state index in [4.69, 9.17) is 14.2 Å². The minimum Gasteiger partial charge on any atom is -0.508 e. The van der Waals surface area contributed by atoms with E-state index in [2.05, 4.69) is 4.57 Å². The molecule has 1 N–H and O–H groups in total. The van der Waals surface area contributed by atoms with Gasteiger partial charge in [0.25, 0.3) is 0 Å². The highest BCUT2D eigenvalue weighted by atomic mass is 16.5. The quantitative estimate of drug-likeness (QED) is 0.757. The minimum absolute atomic E-state index is 0.224. The van der Waals surface area contributed by atoms with Gasteiger partial charge in [-0.05, 0) is 43.3 Å². The highest BCUT2D eigenvalue weighted by Crippen LogP contribution is 2.42. The van der Waals surface area contributed by atoms with Gasteiger partial charge in [0.05, 0.1) is 27.0 Å². The molecule has 3 rings (SSSR count). The van der Waals surface area contributed by atoms with E-state index in [1.807, 2.05) is 43.3 Å². The summed E-state index contributed by atoms with van der Waals surface area (Å²) in [4.78, 5) is 0. The van der Waals surface area contributed by atoms with Crippen LogP contribution in [0.5, 0.6) is 23.0 Å². The number of aromatic nitrogens is 1. The van der Waals surface area contributed by atoms with E-state index in [9.17, 15) is 5.11 Å². The van der Waals surface area contributed by atoms with Crippen LogP contribution >= 0.6 is 0 Å². The third-order valence-corrected chi connectivity index (χ3v) is 4.12. The van der Waals surface area contributed by atoms with Gasteiger partial charge in [-0.15, -0.1) is 0 Å². The lowest BCUT2D eigenvalue weighted by Crippen LogP contribution is -2.00. The van der Waals surface area contributed by atoms with Gasteiger partial charge in [0.15, 0.2) is 11.5 Å². The summed E-state index contributed by atoms with van der Waals surface area (Å²) in [6, 6.07) is 15.0. The zero-order valence-electron chi connectivity index (χ0n) is 14.7. The van der Waals surface area contributed by atoms with Crippen molar-refractivity contribution in [3.05, 3.63) is 54.2 Å². The largest absolute Gasteiger partial charge is 0.508 e. The van der Waals surface area contributed by atoms with Crippen LogP contribution in [0.3, 0.4) is 0 Å². The number of phenolic OH excluding ortho intramolecular Hbond substituents is 1. The Morgan fingerprint density at radius 1 is 0.840 bits per heavy atom. The first-order valence-corrected chi connectivity index (χ1v) is 7.87. The maximum Gasteiger partial charge on any atom is 0.203 e. The molecule has 2 aromatic carbocycles. The minimum atomic E-state index is 0.224. The highest BCUT2D eigenvalue weighted by molar-refractivity contribution is 5.71. The molecule has 25 heavy (non-hydrogen) atoms. The van der Waals surface area contributed by atoms with Crippen molar-refractivity contribution in [2.24, 2.45) is 0 Å². The number of methoxy groups -OCH3 is 3. The van der Waals surface area contributed by atoms with Crippen molar-refractivity contribution in [2.75, 3.05) is 21.3 Å². The number of rotatable bonds is 5. The van der Waals surface area contributed by atoms with Gasteiger partial charge in [0, 0.05) is 23.0 Å². The fourth-order valence-electron chi connectivity index (χ4n) is 2.97. The zero-order valence-corrected chi connectivity index (χ0v) is 14.7. The number of benzene rings is 2. The molecule has 0 unspecified atom stereocenters. The molecule has 0 aliphatic rings. The first-order chi connectivity index (χ1) is 12.1. The Labute approximate surface area is 147 Å². The normalized spacial score (nSPS) is 10.6. The van der Waals surface area contributed by atoms with E-state index in [1.165, 1.54) is 0 Å². The summed E-state index contributed by atoms with van der Waals surface area (Å²) < 4.78 is 18.4. The Morgan fingerprint density at radius 3 is 2.08 bits per heavy atom. The molecule has 0 saturated heterocycles. The maximum atomic E-state index is 9.83. The molecule has 0 saturated carbocycles. The zero-order chi connectivity index (χ0) is 18.0. The highest BCUT2D eigenvalue weighted by Gasteiger charge is 2.17. The summed E-state index contributed by atoms with van der Waals surface area (Å²) in [6.45, 7) is 2.02. The fraction of sp³-hybridized carbons (Fsp3) is 0.200. The second-order valence-electron chi connectivity index (χ2n) is 5.63. The number of hydrogen-bond acceptors (Lipinski definition) is 4. The lowest BCUT2D eigenvalue weighted by atomic mass is 10.1. The Kier molecular flexibility index (Phi) is 4.57. The Morgan fingerprint density at radius 2 is 1.52 bits per heavy atom. The monoisotopic (exact) mass is 339 g/mol. The van der Waals surface area contributed by atoms with Crippen molar-refractivity contribution in [3.8, 4) is 39.9 Å². The second kappa shape index (κ2) is 6.81. The summed E-state index contributed by atoms with van der Waals surface area (Å²) in [7, 11) is 4.78. The molecule has 0 spiro atoms. The van der Waals surface area contributed by atoms with Gasteiger partial charge < -0.3 is 23.9 Å². The third kappa shape index (κ3) is 3.01. The molecule has 1 aromatic heterocycles. The van der Waals surface area contributed by atoms with E-state index in [1.54, 1.807) is 33.5 Å². The molecule has 0 fully saturated rings. The number of aryl methyl sites for hydroxylation is 1. The summed E-state index contributed by atoms with van der Waals surface area (Å²) >= 11 is 0. The molecule has 0 aliphatic heterocycles. The van der Waals surface area contributed by atoms with Crippen LogP contribution in [0.4, 0.5) is 0 Å². The summed E-state index contributed by atoms with van der Waals surface area (Å²) in [5.41, 5.74) is 3.81. The molecule has 0 atom stereocenters. The van der Waals surface area contributed by atoms with Crippen LogP contribution < -0.4 is 14.2 Å². The van der Waals surface area contributed by atoms with Crippen LogP contribution in [0.1, 0.15) is 5.69 Å². The van der Waals surface area contributed by atoms with Gasteiger partial charge in [-0.25, -0.2) is 0 Å². The summed E-state index contributed by atoms with van der Waals surface area (Å²) in [5, 5.41) is 9.83. The van der Waals surface area contributed by atoms with E-state index in [-0.39, 0.29) is 5.75 Å². The molecule has 0 aliphatic carbocycles. The van der Waals surface area contributed by atoms with Crippen LogP contribution in [0.25, 0.3) is 16.9 Å². The molecular weight excluding hydrogens is 318 g/mol. The molecule has 5 heteroatoms. The summed E-state index contributed by atoms with van der Waals surface area (Å²) in [5.74, 6) is 1.97. The van der Waals surface area contributed by atoms with Gasteiger partial charge in [-0.2, -0.15) is 0 Å². The van der Waals surface area contributed by atoms with E-state index < -0.39 is 0 Å². The smallest absolute Gasteiger partial charge is 0.203 e. The first kappa shape index (κ1) is 16.8. The standard InChI is InChI=1S/C20H21NO4/c1-13-8-9-17(21(13)15-6-5-7-16(22)12-15)14-10-18(23-2)20(25-4)19(11-14)24-3/h5-12,22H,1-4H3. The average Bonchev–Trinajstić information content (AvgIpc) is 3.01. The van der Waals surface area contributed by atoms with Gasteiger partial charge in [0.2, 0.25) is 5.75 Å². The molecule has 0 bridgehead atoms. The molecule has 5 nitrogen and oxygen atoms in total. The molecule has 3 aromatic rings. The van der Waals surface area contributed by atoms with E-state index >= 15 is 0 Å². The van der Waals surface area contributed by atoms with Gasteiger partial charge >= 0.3 is 0 Å². The molecule has 130 valence electrons. The first-order valence-electron chi connectivity index (χ1n) is 7.87.